The van der Waals surface area contributed by atoms with Crippen molar-refractivity contribution in [1.82, 2.24) is 0 Å². The Bertz CT molecular complexity index is 2190. The third-order valence-electron chi connectivity index (χ3n) is 21.2. The predicted molar refractivity (Wildman–Crippen MR) is 384 cm³/mol. The van der Waals surface area contributed by atoms with E-state index in [1.807, 2.05) is 11.0 Å². The van der Waals surface area contributed by atoms with Crippen LogP contribution >= 0.6 is 45.2 Å². The van der Waals surface area contributed by atoms with Crippen LogP contribution in [0.4, 0.5) is 0 Å². The van der Waals surface area contributed by atoms with Crippen molar-refractivity contribution in [1.29, 1.82) is 0 Å². The van der Waals surface area contributed by atoms with Crippen LogP contribution in [0.3, 0.4) is 0 Å². The molecule has 4 aliphatic rings. The largest absolute Gasteiger partial charge is 0.466 e. The van der Waals surface area contributed by atoms with Crippen molar-refractivity contribution in [3.8, 4) is 0 Å². The molecule has 0 aromatic carbocycles. The van der Waals surface area contributed by atoms with Gasteiger partial charge in [-0.25, -0.2) is 0 Å². The topological polar surface area (TPSA) is 136 Å². The van der Waals surface area contributed by atoms with E-state index in [0.717, 1.165) is 32.0 Å². The highest BCUT2D eigenvalue weighted by Crippen LogP contribution is 2.50. The lowest BCUT2D eigenvalue weighted by Gasteiger charge is -2.56. The molecule has 498 valence electrons. The molecule has 4 saturated heterocycles. The van der Waals surface area contributed by atoms with Gasteiger partial charge in [0.2, 0.25) is 0 Å². The van der Waals surface area contributed by atoms with Gasteiger partial charge in [0.1, 0.15) is 55.1 Å². The quantitative estimate of drug-likeness (QED) is 0.0467. The van der Waals surface area contributed by atoms with E-state index in [2.05, 4.69) is 265 Å². The minimum absolute atomic E-state index is 0.00170. The molecule has 21 heteroatoms. The second-order valence-corrected chi connectivity index (χ2v) is 64.0. The molecule has 0 bridgehead atoms. The van der Waals surface area contributed by atoms with Gasteiger partial charge in [0, 0.05) is 6.42 Å². The molecule has 4 aliphatic heterocycles. The van der Waals surface area contributed by atoms with E-state index in [1.54, 1.807) is 0 Å². The second kappa shape index (κ2) is 30.2. The summed E-state index contributed by atoms with van der Waals surface area (Å²) in [5, 5.41) is 0.0415. The number of carbonyl (C=O) groups is 2. The first kappa shape index (κ1) is 80.2. The van der Waals surface area contributed by atoms with Gasteiger partial charge in [0.25, 0.3) is 0 Å². The number of halogens is 2. The van der Waals surface area contributed by atoms with E-state index in [9.17, 15) is 9.59 Å². The number of rotatable bonds is 21. The molecule has 0 aromatic rings. The molecular formula is C64H126I2O13Si6. The minimum atomic E-state index is -2.32. The number of fused-ring (bicyclic) bond motifs is 2. The average molecular weight is 1530 g/mol. The van der Waals surface area contributed by atoms with Crippen molar-refractivity contribution in [2.24, 2.45) is 0 Å². The Hall–Kier alpha value is 0.981. The molecule has 0 saturated carbocycles. The van der Waals surface area contributed by atoms with Gasteiger partial charge in [-0.3, -0.25) is 4.79 Å². The summed E-state index contributed by atoms with van der Waals surface area (Å²) in [5.74, 6) is -0.225. The zero-order valence-corrected chi connectivity index (χ0v) is 69.8. The lowest BCUT2D eigenvalue weighted by atomic mass is 9.87. The van der Waals surface area contributed by atoms with Crippen LogP contribution < -0.4 is 0 Å². The zero-order valence-electron chi connectivity index (χ0n) is 59.5. The van der Waals surface area contributed by atoms with Gasteiger partial charge in [-0.15, -0.1) is 0 Å². The van der Waals surface area contributed by atoms with Gasteiger partial charge in [0.15, 0.2) is 49.9 Å². The molecule has 85 heavy (non-hydrogen) atoms. The number of esters is 1. The van der Waals surface area contributed by atoms with Crippen molar-refractivity contribution >= 4 is 107 Å². The molecule has 0 amide bonds. The Kier molecular flexibility index (Phi) is 28.5. The first-order valence-corrected chi connectivity index (χ1v) is 51.9. The van der Waals surface area contributed by atoms with Gasteiger partial charge >= 0.3 is 5.97 Å². The number of aldehydes is 1. The molecule has 4 unspecified atom stereocenters. The molecule has 4 rings (SSSR count). The standard InChI is InChI=1S/C33H65IO7Si3.C31H61IO6Si3/c1-17-36-26(35)22-23-18-19-24-27(37-23)29(40-43(13,14)32(5,6)7)30(41-44(15,16)33(8,9)10)28(38-24)25(20-21-34)39-42(11,12)31(2,3)4;1-29(2,3)39(10,11)36-24(18-20-32)26-28(38-41(14,15)31(7,8)9)27(37-40(12,13)30(4,5)6)25-23(35-26)17-16-22(34-25)19-21-33/h20-21,23-25,27-30H,17-19,22H2,1-16H3;18,20-28H,16-17,19H2,1-15H3/b21-20+;20-18+/t23-,24+,25?,27+,28+,29+,30?;22-,23+,24?,25+,26+,27+,28?/m11/s1. The molecule has 4 heterocycles. The molecule has 0 spiro atoms. The summed E-state index contributed by atoms with van der Waals surface area (Å²) in [6.45, 7) is 70.7. The SMILES string of the molecule is CC(C)(C)[Si](C)(C)OC(/C=C/I)[C@@H]1O[C@H]2CC[C@H](CC=O)O[C@@H]2[C@H](O[Si](C)(C)C(C)(C)C)C1O[Si](C)(C)C(C)(C)C.CCOC(=O)C[C@H]1CC[C@@H]2O[C@@H](C(/C=C/I)O[Si](C)(C)C(C)(C)C)C(O[Si](C)(C)C(C)(C)C)[C@@H](O[Si](C)(C)C(C)(C)C)[C@H]2O1. The molecule has 4 fully saturated rings. The normalized spacial score (nSPS) is 29.2. The summed E-state index contributed by atoms with van der Waals surface area (Å²) in [6, 6.07) is 0. The van der Waals surface area contributed by atoms with Crippen LogP contribution in [0.2, 0.25) is 109 Å². The first-order valence-electron chi connectivity index (χ1n) is 32.0. The summed E-state index contributed by atoms with van der Waals surface area (Å²) < 4.78 is 80.8. The van der Waals surface area contributed by atoms with E-state index in [1.165, 1.54) is 0 Å². The van der Waals surface area contributed by atoms with Crippen molar-refractivity contribution in [2.75, 3.05) is 6.61 Å². The van der Waals surface area contributed by atoms with Crippen molar-refractivity contribution in [2.45, 2.75) is 364 Å². The fourth-order valence-electron chi connectivity index (χ4n) is 9.54. The number of hydrogen-bond acceptors (Lipinski definition) is 13. The maximum atomic E-state index is 12.5. The Labute approximate surface area is 553 Å². The van der Waals surface area contributed by atoms with Crippen LogP contribution in [0.15, 0.2) is 20.3 Å². The molecule has 13 nitrogen and oxygen atoms in total. The van der Waals surface area contributed by atoms with Gasteiger partial charge in [-0.2, -0.15) is 0 Å². The van der Waals surface area contributed by atoms with Crippen LogP contribution in [-0.4, -0.2) is 154 Å². The maximum absolute atomic E-state index is 12.5. The fraction of sp³-hybridized carbons (Fsp3) is 0.906. The smallest absolute Gasteiger partial charge is 0.308 e. The van der Waals surface area contributed by atoms with Crippen LogP contribution in [0, 0.1) is 0 Å². The average Bonchev–Trinajstić information content (AvgIpc) is 0.951. The van der Waals surface area contributed by atoms with Gasteiger partial charge in [0.05, 0.1) is 49.7 Å². The van der Waals surface area contributed by atoms with E-state index in [4.69, 9.17) is 50.2 Å². The molecule has 0 aliphatic carbocycles. The van der Waals surface area contributed by atoms with Crippen LogP contribution in [0.25, 0.3) is 0 Å². The monoisotopic (exact) mass is 1520 g/mol. The van der Waals surface area contributed by atoms with Crippen molar-refractivity contribution in [3.63, 3.8) is 0 Å². The number of hydrogen-bond donors (Lipinski definition) is 0. The fourth-order valence-corrected chi connectivity index (χ4v) is 18.1. The zero-order chi connectivity index (χ0) is 65.9. The van der Waals surface area contributed by atoms with Crippen LogP contribution in [0.1, 0.15) is 170 Å². The summed E-state index contributed by atoms with van der Waals surface area (Å²) in [6.07, 6.45) is 4.87. The van der Waals surface area contributed by atoms with E-state index >= 15 is 0 Å². The van der Waals surface area contributed by atoms with E-state index in [0.29, 0.717) is 13.0 Å². The van der Waals surface area contributed by atoms with Gasteiger partial charge in [-0.1, -0.05) is 170 Å². The van der Waals surface area contributed by atoms with E-state index in [-0.39, 0.29) is 122 Å². The predicted octanol–water partition coefficient (Wildman–Crippen LogP) is 18.4. The number of ether oxygens (including phenoxy) is 5. The van der Waals surface area contributed by atoms with Crippen molar-refractivity contribution < 1.29 is 59.8 Å². The highest BCUT2D eigenvalue weighted by molar-refractivity contribution is 14.1. The third kappa shape index (κ3) is 21.0. The third-order valence-corrected chi connectivity index (χ3v) is 48.9. The molecular weight excluding hydrogens is 1400 g/mol. The molecule has 0 radical (unpaired) electrons. The van der Waals surface area contributed by atoms with Crippen molar-refractivity contribution in [3.05, 3.63) is 20.3 Å². The highest BCUT2D eigenvalue weighted by atomic mass is 127. The molecule has 0 aromatic heterocycles. The Morgan fingerprint density at radius 3 is 1.04 bits per heavy atom. The Balaban J connectivity index is 0.000000446. The van der Waals surface area contributed by atoms with Crippen LogP contribution in [0.5, 0.6) is 0 Å². The molecule has 14 atom stereocenters. The summed E-state index contributed by atoms with van der Waals surface area (Å²) in [4.78, 5) is 24.0. The minimum Gasteiger partial charge on any atom is -0.466 e. The Morgan fingerprint density at radius 1 is 0.459 bits per heavy atom. The van der Waals surface area contributed by atoms with Crippen LogP contribution in [-0.2, 0) is 59.8 Å². The number of carbonyl (C=O) groups excluding carboxylic acids is 2. The lowest BCUT2D eigenvalue weighted by Crippen LogP contribution is -2.69. The molecule has 0 N–H and O–H groups in total. The second-order valence-electron chi connectivity index (χ2n) is 34.0. The van der Waals surface area contributed by atoms with Gasteiger partial charge in [-0.05, 0) is 162 Å². The summed E-state index contributed by atoms with van der Waals surface area (Å²) in [7, 11) is -13.5. The highest BCUT2D eigenvalue weighted by Gasteiger charge is 2.60. The Morgan fingerprint density at radius 2 is 0.753 bits per heavy atom. The lowest BCUT2D eigenvalue weighted by molar-refractivity contribution is -0.267. The summed E-state index contributed by atoms with van der Waals surface area (Å²) >= 11 is 4.58. The maximum Gasteiger partial charge on any atom is 0.308 e. The summed E-state index contributed by atoms with van der Waals surface area (Å²) in [5.41, 5.74) is 0. The first-order chi connectivity index (χ1) is 38.2. The van der Waals surface area contributed by atoms with E-state index < -0.39 is 56.0 Å². The van der Waals surface area contributed by atoms with Gasteiger partial charge < -0.3 is 55.0 Å².